The van der Waals surface area contributed by atoms with E-state index in [1.165, 1.54) is 11.3 Å². The molecule has 2 heterocycles. The molecule has 3 rings (SSSR count). The molecule has 0 aliphatic heterocycles. The molecule has 0 fully saturated rings. The fraction of sp³-hybridized carbons (Fsp3) is 0.300. The Balaban J connectivity index is 2.21. The van der Waals surface area contributed by atoms with Crippen LogP contribution in [0.25, 0.3) is 11.3 Å². The molecular weight excluding hydrogens is 378 g/mol. The predicted octanol–water partition coefficient (Wildman–Crippen LogP) is 4.03. The third-order valence-electron chi connectivity index (χ3n) is 4.07. The minimum absolute atomic E-state index is 0.546. The topological polar surface area (TPSA) is 70.5 Å². The third kappa shape index (κ3) is 3.82. The summed E-state index contributed by atoms with van der Waals surface area (Å²) in [6.45, 7) is 4.55. The molecule has 148 valence electrons. The molecule has 0 atom stereocenters. The van der Waals surface area contributed by atoms with Crippen molar-refractivity contribution < 1.29 is 18.6 Å². The van der Waals surface area contributed by atoms with E-state index >= 15 is 0 Å². The zero-order valence-corrected chi connectivity index (χ0v) is 17.4. The first-order valence-electron chi connectivity index (χ1n) is 8.73. The zero-order valence-electron chi connectivity index (χ0n) is 16.6. The van der Waals surface area contributed by atoms with Crippen molar-refractivity contribution in [3.8, 4) is 28.5 Å². The Labute approximate surface area is 167 Å². The molecule has 0 radical (unpaired) electrons. The normalized spacial score (nSPS) is 12.3. The number of ether oxygens (including phenoxy) is 3. The largest absolute Gasteiger partial charge is 0.493 e. The van der Waals surface area contributed by atoms with Crippen LogP contribution < -0.4 is 19.0 Å². The van der Waals surface area contributed by atoms with Crippen molar-refractivity contribution in [2.75, 3.05) is 27.9 Å². The highest BCUT2D eigenvalue weighted by Crippen LogP contribution is 2.41. The highest BCUT2D eigenvalue weighted by molar-refractivity contribution is 7.07. The average molecular weight is 401 g/mol. The number of aromatic nitrogens is 1. The van der Waals surface area contributed by atoms with Crippen molar-refractivity contribution in [2.45, 2.75) is 13.8 Å². The van der Waals surface area contributed by atoms with Gasteiger partial charge in [-0.2, -0.15) is 5.10 Å². The van der Waals surface area contributed by atoms with Crippen LogP contribution in [0.3, 0.4) is 0 Å². The van der Waals surface area contributed by atoms with Gasteiger partial charge in [0.1, 0.15) is 11.5 Å². The van der Waals surface area contributed by atoms with Gasteiger partial charge in [0.2, 0.25) is 10.6 Å². The van der Waals surface area contributed by atoms with Crippen molar-refractivity contribution in [3.63, 3.8) is 0 Å². The zero-order chi connectivity index (χ0) is 20.1. The van der Waals surface area contributed by atoms with Crippen LogP contribution in [0.2, 0.25) is 0 Å². The molecular formula is C20H23N3O4S. The second-order valence-corrected chi connectivity index (χ2v) is 6.60. The number of methoxy groups -OCH3 is 3. The van der Waals surface area contributed by atoms with Crippen molar-refractivity contribution in [3.05, 3.63) is 46.5 Å². The Hall–Kier alpha value is -3.00. The van der Waals surface area contributed by atoms with Crippen LogP contribution in [0.5, 0.6) is 17.2 Å². The Morgan fingerprint density at radius 2 is 1.86 bits per heavy atom. The standard InChI is InChI=1S/C20H23N3O4S/c1-6-21-20-23(22-13(2)16-8-7-9-27-16)15(12-28-20)14-10-17(24-3)19(26-5)18(11-14)25-4/h7-12H,6H2,1-5H3. The second-order valence-electron chi connectivity index (χ2n) is 5.77. The van der Waals surface area contributed by atoms with E-state index in [0.29, 0.717) is 29.6 Å². The van der Waals surface area contributed by atoms with E-state index < -0.39 is 0 Å². The Bertz CT molecular complexity index is 1010. The SMILES string of the molecule is CCN=c1scc(-c2cc(OC)c(OC)c(OC)c2)n1N=C(C)c1ccco1. The molecule has 0 amide bonds. The van der Waals surface area contributed by atoms with Crippen molar-refractivity contribution >= 4 is 17.0 Å². The van der Waals surface area contributed by atoms with Gasteiger partial charge in [0.15, 0.2) is 11.5 Å². The summed E-state index contributed by atoms with van der Waals surface area (Å²) in [7, 11) is 4.78. The lowest BCUT2D eigenvalue weighted by Crippen LogP contribution is -2.14. The maximum atomic E-state index is 5.49. The minimum atomic E-state index is 0.546. The molecule has 1 aromatic carbocycles. The molecule has 3 aromatic rings. The van der Waals surface area contributed by atoms with Crippen LogP contribution in [0.4, 0.5) is 0 Å². The van der Waals surface area contributed by atoms with Gasteiger partial charge in [-0.25, -0.2) is 4.68 Å². The van der Waals surface area contributed by atoms with Gasteiger partial charge in [-0.15, -0.1) is 11.3 Å². The average Bonchev–Trinajstić information content (AvgIpc) is 3.38. The number of hydrogen-bond donors (Lipinski definition) is 0. The van der Waals surface area contributed by atoms with Crippen LogP contribution in [0.1, 0.15) is 19.6 Å². The molecule has 0 aliphatic rings. The van der Waals surface area contributed by atoms with Crippen LogP contribution in [0.15, 0.2) is 50.4 Å². The molecule has 0 spiro atoms. The number of nitrogens with zero attached hydrogens (tertiary/aromatic N) is 3. The lowest BCUT2D eigenvalue weighted by atomic mass is 10.1. The molecule has 0 saturated heterocycles. The van der Waals surface area contributed by atoms with Crippen molar-refractivity contribution in [1.29, 1.82) is 0 Å². The highest BCUT2D eigenvalue weighted by Gasteiger charge is 2.17. The van der Waals surface area contributed by atoms with E-state index in [2.05, 4.69) is 4.99 Å². The monoisotopic (exact) mass is 401 g/mol. The molecule has 0 bridgehead atoms. The predicted molar refractivity (Wildman–Crippen MR) is 110 cm³/mol. The maximum absolute atomic E-state index is 5.49. The Kier molecular flexibility index (Phi) is 6.20. The number of rotatable bonds is 7. The molecule has 0 saturated carbocycles. The molecule has 0 aliphatic carbocycles. The number of thiazole rings is 1. The van der Waals surface area contributed by atoms with Crippen molar-refractivity contribution in [2.24, 2.45) is 10.1 Å². The Morgan fingerprint density at radius 1 is 1.14 bits per heavy atom. The lowest BCUT2D eigenvalue weighted by Gasteiger charge is -2.14. The summed E-state index contributed by atoms with van der Waals surface area (Å²) in [5, 5.41) is 6.76. The van der Waals surface area contributed by atoms with E-state index in [0.717, 1.165) is 21.8 Å². The molecule has 0 unspecified atom stereocenters. The fourth-order valence-electron chi connectivity index (χ4n) is 2.75. The van der Waals surface area contributed by atoms with Gasteiger partial charge in [-0.05, 0) is 38.1 Å². The van der Waals surface area contributed by atoms with E-state index in [4.69, 9.17) is 23.7 Å². The molecule has 2 aromatic heterocycles. The van der Waals surface area contributed by atoms with E-state index in [1.807, 2.05) is 48.2 Å². The Morgan fingerprint density at radius 3 is 2.39 bits per heavy atom. The third-order valence-corrected chi connectivity index (χ3v) is 4.92. The molecule has 28 heavy (non-hydrogen) atoms. The summed E-state index contributed by atoms with van der Waals surface area (Å²) >= 11 is 1.52. The summed E-state index contributed by atoms with van der Waals surface area (Å²) in [6, 6.07) is 7.51. The molecule has 0 N–H and O–H groups in total. The summed E-state index contributed by atoms with van der Waals surface area (Å²) in [6.07, 6.45) is 1.63. The first-order valence-corrected chi connectivity index (χ1v) is 9.61. The van der Waals surface area contributed by atoms with E-state index in [9.17, 15) is 0 Å². The number of benzene rings is 1. The van der Waals surface area contributed by atoms with Gasteiger partial charge >= 0.3 is 0 Å². The van der Waals surface area contributed by atoms with Crippen LogP contribution in [-0.2, 0) is 0 Å². The summed E-state index contributed by atoms with van der Waals surface area (Å²) in [4.78, 5) is 5.35. The lowest BCUT2D eigenvalue weighted by molar-refractivity contribution is 0.324. The van der Waals surface area contributed by atoms with Crippen LogP contribution in [-0.4, -0.2) is 38.3 Å². The maximum Gasteiger partial charge on any atom is 0.206 e. The van der Waals surface area contributed by atoms with E-state index in [-0.39, 0.29) is 0 Å². The molecule has 8 heteroatoms. The fourth-order valence-corrected chi connectivity index (χ4v) is 3.65. The molecule has 7 nitrogen and oxygen atoms in total. The summed E-state index contributed by atoms with van der Waals surface area (Å²) in [5.41, 5.74) is 2.48. The van der Waals surface area contributed by atoms with Gasteiger partial charge in [-0.3, -0.25) is 4.99 Å². The number of furan rings is 1. The highest BCUT2D eigenvalue weighted by atomic mass is 32.1. The van der Waals surface area contributed by atoms with Gasteiger partial charge in [0.25, 0.3) is 0 Å². The van der Waals surface area contributed by atoms with E-state index in [1.54, 1.807) is 27.6 Å². The first-order chi connectivity index (χ1) is 13.6. The van der Waals surface area contributed by atoms with Crippen LogP contribution >= 0.6 is 11.3 Å². The number of hydrogen-bond acceptors (Lipinski definition) is 7. The van der Waals surface area contributed by atoms with Gasteiger partial charge in [-0.1, -0.05) is 0 Å². The van der Waals surface area contributed by atoms with Crippen molar-refractivity contribution in [1.82, 2.24) is 4.68 Å². The van der Waals surface area contributed by atoms with Crippen LogP contribution in [0, 0.1) is 0 Å². The quantitative estimate of drug-likeness (QED) is 0.561. The van der Waals surface area contributed by atoms with Gasteiger partial charge < -0.3 is 18.6 Å². The minimum Gasteiger partial charge on any atom is -0.493 e. The first kappa shape index (κ1) is 19.8. The smallest absolute Gasteiger partial charge is 0.206 e. The van der Waals surface area contributed by atoms with Gasteiger partial charge in [0.05, 0.1) is 33.3 Å². The summed E-state index contributed by atoms with van der Waals surface area (Å²) in [5.74, 6) is 2.41. The van der Waals surface area contributed by atoms with Gasteiger partial charge in [0, 0.05) is 17.5 Å². The second kappa shape index (κ2) is 8.79. The summed E-state index contributed by atoms with van der Waals surface area (Å²) < 4.78 is 23.7.